The Kier molecular flexibility index (Phi) is 13.0. The molecule has 2 aromatic carbocycles. The maximum absolute atomic E-state index is 13.1. The first-order valence-corrected chi connectivity index (χ1v) is 14.0. The number of carbonyl (C=O) groups excluding carboxylic acids is 3. The summed E-state index contributed by atoms with van der Waals surface area (Å²) in [5, 5.41) is 26.7. The molecular formula is C26H34N4O6S2. The fourth-order valence-corrected chi connectivity index (χ4v) is 4.28. The van der Waals surface area contributed by atoms with Crippen molar-refractivity contribution in [2.75, 3.05) is 17.8 Å². The van der Waals surface area contributed by atoms with E-state index in [1.54, 1.807) is 42.5 Å². The van der Waals surface area contributed by atoms with Crippen LogP contribution in [0.1, 0.15) is 17.5 Å². The van der Waals surface area contributed by atoms with Crippen molar-refractivity contribution < 1.29 is 29.4 Å². The van der Waals surface area contributed by atoms with Crippen LogP contribution in [0.2, 0.25) is 0 Å². The van der Waals surface area contributed by atoms with Crippen LogP contribution in [0.3, 0.4) is 0 Å². The van der Waals surface area contributed by atoms with E-state index in [-0.39, 0.29) is 30.8 Å². The van der Waals surface area contributed by atoms with Gasteiger partial charge in [-0.3, -0.25) is 14.4 Å². The van der Waals surface area contributed by atoms with E-state index in [4.69, 9.17) is 5.73 Å². The molecule has 206 valence electrons. The number of amides is 3. The van der Waals surface area contributed by atoms with Gasteiger partial charge < -0.3 is 31.9 Å². The van der Waals surface area contributed by atoms with Crippen LogP contribution < -0.4 is 21.7 Å². The van der Waals surface area contributed by atoms with E-state index in [0.29, 0.717) is 5.75 Å². The van der Waals surface area contributed by atoms with Crippen LogP contribution in [-0.4, -0.2) is 75.8 Å². The Morgan fingerprint density at radius 1 is 0.842 bits per heavy atom. The molecule has 4 unspecified atom stereocenters. The van der Waals surface area contributed by atoms with Gasteiger partial charge in [0, 0.05) is 12.2 Å². The molecule has 0 fully saturated rings. The number of phenols is 1. The number of aromatic hydroxyl groups is 1. The summed E-state index contributed by atoms with van der Waals surface area (Å²) in [6, 6.07) is 10.9. The Morgan fingerprint density at radius 2 is 1.39 bits per heavy atom. The number of aliphatic carboxylic acids is 1. The number of phenolic OH excluding ortho intramolecular Hbond substituents is 1. The van der Waals surface area contributed by atoms with E-state index < -0.39 is 47.9 Å². The standard InChI is InChI=1S/C26H34N4O6S2/c1-38-12-11-20(28-23(32)19(27)13-17-7-9-18(31)10-8-17)24(33)30-22(15-37)25(34)29-21(26(35)36)14-16-5-3-2-4-6-16/h2-10,19-22,31,37H,11-15,27H2,1H3,(H,28,32)(H,29,34)(H,30,33)(H,35,36). The quantitative estimate of drug-likeness (QED) is 0.156. The molecule has 0 aliphatic heterocycles. The normalized spacial score (nSPS) is 14.0. The van der Waals surface area contributed by atoms with Crippen molar-refractivity contribution in [3.63, 3.8) is 0 Å². The van der Waals surface area contributed by atoms with Crippen LogP contribution in [-0.2, 0) is 32.0 Å². The third kappa shape index (κ3) is 10.3. The number of hydrogen-bond acceptors (Lipinski definition) is 8. The van der Waals surface area contributed by atoms with Gasteiger partial charge in [0.05, 0.1) is 6.04 Å². The van der Waals surface area contributed by atoms with Crippen LogP contribution in [0.5, 0.6) is 5.75 Å². The van der Waals surface area contributed by atoms with Crippen molar-refractivity contribution in [1.29, 1.82) is 0 Å². The molecule has 3 amide bonds. The van der Waals surface area contributed by atoms with Gasteiger partial charge in [-0.25, -0.2) is 4.79 Å². The molecule has 38 heavy (non-hydrogen) atoms. The maximum atomic E-state index is 13.1. The van der Waals surface area contributed by atoms with Crippen LogP contribution in [0.25, 0.3) is 0 Å². The number of carbonyl (C=O) groups is 4. The topological polar surface area (TPSA) is 171 Å². The second kappa shape index (κ2) is 15.9. The zero-order valence-electron chi connectivity index (χ0n) is 21.0. The third-order valence-electron chi connectivity index (χ3n) is 5.69. The molecule has 0 saturated carbocycles. The first-order valence-electron chi connectivity index (χ1n) is 12.0. The number of hydrogen-bond donors (Lipinski definition) is 7. The first kappa shape index (κ1) is 31.0. The van der Waals surface area contributed by atoms with Crippen molar-refractivity contribution in [1.82, 2.24) is 16.0 Å². The molecule has 4 atom stereocenters. The van der Waals surface area contributed by atoms with Gasteiger partial charge >= 0.3 is 5.97 Å². The molecule has 12 heteroatoms. The van der Waals surface area contributed by atoms with E-state index >= 15 is 0 Å². The first-order chi connectivity index (χ1) is 18.1. The lowest BCUT2D eigenvalue weighted by atomic mass is 10.0. The molecule has 2 aromatic rings. The van der Waals surface area contributed by atoms with E-state index in [1.165, 1.54) is 23.9 Å². The smallest absolute Gasteiger partial charge is 0.326 e. The summed E-state index contributed by atoms with van der Waals surface area (Å²) in [6.07, 6.45) is 2.41. The fraction of sp³-hybridized carbons (Fsp3) is 0.385. The number of benzene rings is 2. The second-order valence-corrected chi connectivity index (χ2v) is 10.0. The molecule has 0 radical (unpaired) electrons. The SMILES string of the molecule is CSCCC(NC(=O)C(N)Cc1ccc(O)cc1)C(=O)NC(CS)C(=O)NC(Cc1ccccc1)C(=O)O. The van der Waals surface area contributed by atoms with Crippen molar-refractivity contribution >= 4 is 48.1 Å². The van der Waals surface area contributed by atoms with E-state index in [9.17, 15) is 29.4 Å². The van der Waals surface area contributed by atoms with Crippen molar-refractivity contribution in [2.45, 2.75) is 43.4 Å². The zero-order chi connectivity index (χ0) is 28.1. The molecule has 0 heterocycles. The third-order valence-corrected chi connectivity index (χ3v) is 6.69. The largest absolute Gasteiger partial charge is 0.508 e. The lowest BCUT2D eigenvalue weighted by molar-refractivity contribution is -0.142. The summed E-state index contributed by atoms with van der Waals surface area (Å²) >= 11 is 5.64. The number of carboxylic acid groups (broad SMARTS) is 1. The number of thiol groups is 1. The Bertz CT molecular complexity index is 1070. The molecule has 7 N–H and O–H groups in total. The molecule has 0 aromatic heterocycles. The van der Waals surface area contributed by atoms with Crippen LogP contribution in [0.15, 0.2) is 54.6 Å². The van der Waals surface area contributed by atoms with Crippen molar-refractivity contribution in [3.8, 4) is 5.75 Å². The molecule has 0 bridgehead atoms. The summed E-state index contributed by atoms with van der Waals surface area (Å²) < 4.78 is 0. The van der Waals surface area contributed by atoms with Crippen LogP contribution in [0.4, 0.5) is 0 Å². The van der Waals surface area contributed by atoms with Gasteiger partial charge in [-0.1, -0.05) is 42.5 Å². The Hall–Kier alpha value is -3.22. The van der Waals surface area contributed by atoms with Gasteiger partial charge in [0.1, 0.15) is 23.9 Å². The van der Waals surface area contributed by atoms with Gasteiger partial charge in [0.2, 0.25) is 17.7 Å². The summed E-state index contributed by atoms with van der Waals surface area (Å²) in [5.74, 6) is -2.48. The minimum absolute atomic E-state index is 0.0699. The minimum Gasteiger partial charge on any atom is -0.508 e. The van der Waals surface area contributed by atoms with Crippen molar-refractivity contribution in [2.24, 2.45) is 5.73 Å². The maximum Gasteiger partial charge on any atom is 0.326 e. The molecule has 0 aliphatic carbocycles. The van der Waals surface area contributed by atoms with E-state index in [2.05, 4.69) is 28.6 Å². The Balaban J connectivity index is 2.02. The molecule has 0 spiro atoms. The number of carboxylic acids is 1. The van der Waals surface area contributed by atoms with Gasteiger partial charge in [-0.05, 0) is 48.1 Å². The number of nitrogens with two attached hydrogens (primary N) is 1. The van der Waals surface area contributed by atoms with Gasteiger partial charge in [0.15, 0.2) is 0 Å². The highest BCUT2D eigenvalue weighted by atomic mass is 32.2. The molecule has 10 nitrogen and oxygen atoms in total. The summed E-state index contributed by atoms with van der Waals surface area (Å²) in [4.78, 5) is 50.4. The van der Waals surface area contributed by atoms with Crippen LogP contribution >= 0.6 is 24.4 Å². The van der Waals surface area contributed by atoms with E-state index in [0.717, 1.165) is 11.1 Å². The number of nitrogens with one attached hydrogen (secondary N) is 3. The highest BCUT2D eigenvalue weighted by Crippen LogP contribution is 2.11. The lowest BCUT2D eigenvalue weighted by Crippen LogP contribution is -2.58. The highest BCUT2D eigenvalue weighted by Gasteiger charge is 2.29. The van der Waals surface area contributed by atoms with Gasteiger partial charge in [-0.15, -0.1) is 0 Å². The summed E-state index contributed by atoms with van der Waals surface area (Å²) in [5.41, 5.74) is 7.52. The predicted molar refractivity (Wildman–Crippen MR) is 150 cm³/mol. The van der Waals surface area contributed by atoms with Gasteiger partial charge in [0.25, 0.3) is 0 Å². The predicted octanol–water partition coefficient (Wildman–Crippen LogP) is 0.727. The van der Waals surface area contributed by atoms with Crippen LogP contribution in [0, 0.1) is 0 Å². The minimum atomic E-state index is -1.21. The Morgan fingerprint density at radius 3 is 1.97 bits per heavy atom. The average Bonchev–Trinajstić information content (AvgIpc) is 2.90. The second-order valence-electron chi connectivity index (χ2n) is 8.65. The van der Waals surface area contributed by atoms with Crippen molar-refractivity contribution in [3.05, 3.63) is 65.7 Å². The summed E-state index contributed by atoms with van der Waals surface area (Å²) in [7, 11) is 0. The highest BCUT2D eigenvalue weighted by molar-refractivity contribution is 7.98. The monoisotopic (exact) mass is 562 g/mol. The molecular weight excluding hydrogens is 528 g/mol. The summed E-state index contributed by atoms with van der Waals surface area (Å²) in [6.45, 7) is 0. The number of thioether (sulfide) groups is 1. The molecule has 0 aliphatic rings. The Labute approximate surface area is 231 Å². The lowest BCUT2D eigenvalue weighted by Gasteiger charge is -2.24. The molecule has 0 saturated heterocycles. The average molecular weight is 563 g/mol. The zero-order valence-corrected chi connectivity index (χ0v) is 22.7. The fourth-order valence-electron chi connectivity index (χ4n) is 3.55. The molecule has 2 rings (SSSR count). The number of rotatable bonds is 15. The van der Waals surface area contributed by atoms with E-state index in [1.807, 2.05) is 6.26 Å². The van der Waals surface area contributed by atoms with Gasteiger partial charge in [-0.2, -0.15) is 24.4 Å².